The zero-order valence-electron chi connectivity index (χ0n) is 12.0. The molecule has 2 fully saturated rings. The maximum atomic E-state index is 4.67. The molecule has 2 unspecified atom stereocenters. The molecule has 2 saturated heterocycles. The summed E-state index contributed by atoms with van der Waals surface area (Å²) in [6, 6.07) is 3.40. The van der Waals surface area contributed by atoms with Gasteiger partial charge in [-0.25, -0.2) is 9.97 Å². The van der Waals surface area contributed by atoms with Crippen LogP contribution in [0.3, 0.4) is 0 Å². The highest BCUT2D eigenvalue weighted by Gasteiger charge is 2.32. The molecule has 0 radical (unpaired) electrons. The van der Waals surface area contributed by atoms with Gasteiger partial charge in [-0.15, -0.1) is 0 Å². The van der Waals surface area contributed by atoms with Crippen molar-refractivity contribution in [3.63, 3.8) is 0 Å². The molecule has 0 aliphatic carbocycles. The van der Waals surface area contributed by atoms with Crippen molar-refractivity contribution < 1.29 is 0 Å². The predicted molar refractivity (Wildman–Crippen MR) is 77.5 cm³/mol. The van der Waals surface area contributed by atoms with Crippen LogP contribution < -0.4 is 10.2 Å². The summed E-state index contributed by atoms with van der Waals surface area (Å²) in [4.78, 5) is 11.6. The third-order valence-electron chi connectivity index (χ3n) is 4.36. The average Bonchev–Trinajstić information content (AvgIpc) is 2.91. The number of aromatic nitrogens is 2. The Labute approximate surface area is 115 Å². The monoisotopic (exact) mass is 260 g/mol. The number of nitrogens with one attached hydrogen (secondary N) is 1. The van der Waals surface area contributed by atoms with Crippen molar-refractivity contribution in [2.24, 2.45) is 0 Å². The Morgan fingerprint density at radius 1 is 1.16 bits per heavy atom. The van der Waals surface area contributed by atoms with Crippen LogP contribution in [-0.2, 0) is 0 Å². The molecule has 0 amide bonds. The first-order valence-corrected chi connectivity index (χ1v) is 7.56. The summed E-state index contributed by atoms with van der Waals surface area (Å²) < 4.78 is 0. The van der Waals surface area contributed by atoms with Crippen LogP contribution in [-0.4, -0.2) is 35.1 Å². The Bertz CT molecular complexity index is 420. The van der Waals surface area contributed by atoms with Gasteiger partial charge in [-0.2, -0.15) is 0 Å². The van der Waals surface area contributed by atoms with Crippen molar-refractivity contribution in [3.8, 4) is 0 Å². The van der Waals surface area contributed by atoms with E-state index in [4.69, 9.17) is 0 Å². The maximum Gasteiger partial charge on any atom is 0.132 e. The summed E-state index contributed by atoms with van der Waals surface area (Å²) in [7, 11) is 0. The minimum atomic E-state index is 0.616. The molecule has 2 aliphatic heterocycles. The molecular formula is C15H24N4. The van der Waals surface area contributed by atoms with Gasteiger partial charge in [0.2, 0.25) is 0 Å². The van der Waals surface area contributed by atoms with E-state index in [0.29, 0.717) is 12.1 Å². The first-order chi connectivity index (χ1) is 9.24. The van der Waals surface area contributed by atoms with Gasteiger partial charge in [0.1, 0.15) is 11.6 Å². The van der Waals surface area contributed by atoms with Crippen LogP contribution >= 0.6 is 0 Å². The van der Waals surface area contributed by atoms with E-state index in [-0.39, 0.29) is 0 Å². The molecule has 4 heteroatoms. The smallest absolute Gasteiger partial charge is 0.132 e. The summed E-state index contributed by atoms with van der Waals surface area (Å²) in [6.07, 6.45) is 6.55. The second kappa shape index (κ2) is 5.45. The number of hydrogen-bond acceptors (Lipinski definition) is 4. The van der Waals surface area contributed by atoms with Gasteiger partial charge in [-0.1, -0.05) is 0 Å². The van der Waals surface area contributed by atoms with Crippen molar-refractivity contribution >= 4 is 5.82 Å². The molecule has 0 aromatic carbocycles. The fraction of sp³-hybridized carbons (Fsp3) is 0.733. The van der Waals surface area contributed by atoms with E-state index in [1.807, 2.05) is 6.92 Å². The Morgan fingerprint density at radius 2 is 2.05 bits per heavy atom. The van der Waals surface area contributed by atoms with E-state index in [1.165, 1.54) is 38.6 Å². The first-order valence-electron chi connectivity index (χ1n) is 7.56. The zero-order chi connectivity index (χ0) is 13.2. The summed E-state index contributed by atoms with van der Waals surface area (Å²) in [6.45, 7) is 6.36. The molecule has 2 aliphatic rings. The standard InChI is InChI=1S/C15H24N4/c1-11-10-15(18-12(2)17-11)19-9-4-3-7-14(19)13-6-5-8-16-13/h10,13-14,16H,3-9H2,1-2H3. The van der Waals surface area contributed by atoms with Crippen molar-refractivity contribution in [1.82, 2.24) is 15.3 Å². The molecule has 19 heavy (non-hydrogen) atoms. The van der Waals surface area contributed by atoms with Crippen molar-refractivity contribution in [2.75, 3.05) is 18.0 Å². The Kier molecular flexibility index (Phi) is 3.69. The van der Waals surface area contributed by atoms with Crippen LogP contribution in [0.5, 0.6) is 0 Å². The van der Waals surface area contributed by atoms with Crippen LogP contribution in [0.4, 0.5) is 5.82 Å². The minimum Gasteiger partial charge on any atom is -0.352 e. The van der Waals surface area contributed by atoms with Gasteiger partial charge in [-0.05, 0) is 52.5 Å². The van der Waals surface area contributed by atoms with Crippen LogP contribution in [0.1, 0.15) is 43.6 Å². The van der Waals surface area contributed by atoms with Crippen molar-refractivity contribution in [2.45, 2.75) is 58.0 Å². The number of hydrogen-bond donors (Lipinski definition) is 1. The lowest BCUT2D eigenvalue weighted by Crippen LogP contribution is -2.50. The van der Waals surface area contributed by atoms with Gasteiger partial charge in [0.25, 0.3) is 0 Å². The number of aryl methyl sites for hydroxylation is 2. The van der Waals surface area contributed by atoms with Gasteiger partial charge < -0.3 is 10.2 Å². The van der Waals surface area contributed by atoms with Crippen LogP contribution in [0.2, 0.25) is 0 Å². The molecule has 0 bridgehead atoms. The minimum absolute atomic E-state index is 0.616. The average molecular weight is 260 g/mol. The Balaban J connectivity index is 1.86. The van der Waals surface area contributed by atoms with E-state index in [9.17, 15) is 0 Å². The first kappa shape index (κ1) is 12.9. The zero-order valence-corrected chi connectivity index (χ0v) is 12.0. The summed E-state index contributed by atoms with van der Waals surface area (Å²) in [5, 5.41) is 3.67. The highest BCUT2D eigenvalue weighted by atomic mass is 15.3. The molecule has 0 saturated carbocycles. The van der Waals surface area contributed by atoms with Gasteiger partial charge >= 0.3 is 0 Å². The van der Waals surface area contributed by atoms with Crippen molar-refractivity contribution in [1.29, 1.82) is 0 Å². The van der Waals surface area contributed by atoms with E-state index in [2.05, 4.69) is 33.2 Å². The van der Waals surface area contributed by atoms with Gasteiger partial charge in [-0.3, -0.25) is 0 Å². The van der Waals surface area contributed by atoms with E-state index >= 15 is 0 Å². The number of anilines is 1. The van der Waals surface area contributed by atoms with Gasteiger partial charge in [0.05, 0.1) is 0 Å². The summed E-state index contributed by atoms with van der Waals surface area (Å²) in [5.74, 6) is 2.02. The summed E-state index contributed by atoms with van der Waals surface area (Å²) >= 11 is 0. The fourth-order valence-corrected chi connectivity index (χ4v) is 3.54. The molecule has 2 atom stereocenters. The lowest BCUT2D eigenvalue weighted by molar-refractivity contribution is 0.376. The topological polar surface area (TPSA) is 41.0 Å². The fourth-order valence-electron chi connectivity index (χ4n) is 3.54. The van der Waals surface area contributed by atoms with Gasteiger partial charge in [0.15, 0.2) is 0 Å². The van der Waals surface area contributed by atoms with Crippen LogP contribution in [0, 0.1) is 13.8 Å². The van der Waals surface area contributed by atoms with Crippen LogP contribution in [0.15, 0.2) is 6.07 Å². The predicted octanol–water partition coefficient (Wildman–Crippen LogP) is 2.20. The lowest BCUT2D eigenvalue weighted by atomic mass is 9.94. The summed E-state index contributed by atoms with van der Waals surface area (Å²) in [5.41, 5.74) is 1.08. The molecule has 104 valence electrons. The van der Waals surface area contributed by atoms with E-state index in [0.717, 1.165) is 23.9 Å². The normalized spacial score (nSPS) is 27.8. The van der Waals surface area contributed by atoms with E-state index in [1.54, 1.807) is 0 Å². The molecule has 3 heterocycles. The highest BCUT2D eigenvalue weighted by Crippen LogP contribution is 2.28. The second-order valence-corrected chi connectivity index (χ2v) is 5.87. The molecule has 3 rings (SSSR count). The van der Waals surface area contributed by atoms with Crippen LogP contribution in [0.25, 0.3) is 0 Å². The number of nitrogens with zero attached hydrogens (tertiary/aromatic N) is 3. The lowest BCUT2D eigenvalue weighted by Gasteiger charge is -2.40. The largest absolute Gasteiger partial charge is 0.352 e. The highest BCUT2D eigenvalue weighted by molar-refractivity contribution is 5.42. The molecule has 1 aromatic rings. The number of rotatable bonds is 2. The Hall–Kier alpha value is -1.16. The molecular weight excluding hydrogens is 236 g/mol. The SMILES string of the molecule is Cc1cc(N2CCCCC2C2CCCN2)nc(C)n1. The second-order valence-electron chi connectivity index (χ2n) is 5.87. The molecule has 4 nitrogen and oxygen atoms in total. The number of piperidine rings is 1. The molecule has 0 spiro atoms. The quantitative estimate of drug-likeness (QED) is 0.885. The van der Waals surface area contributed by atoms with E-state index < -0.39 is 0 Å². The maximum absolute atomic E-state index is 4.67. The third kappa shape index (κ3) is 2.73. The third-order valence-corrected chi connectivity index (χ3v) is 4.36. The Morgan fingerprint density at radius 3 is 2.79 bits per heavy atom. The molecule has 1 aromatic heterocycles. The van der Waals surface area contributed by atoms with Gasteiger partial charge in [0, 0.05) is 30.4 Å². The van der Waals surface area contributed by atoms with Crippen molar-refractivity contribution in [3.05, 3.63) is 17.6 Å². The molecule has 1 N–H and O–H groups in total.